The number of aromatic amines is 1. The van der Waals surface area contributed by atoms with E-state index in [0.29, 0.717) is 41.8 Å². The molecule has 214 valence electrons. The standard InChI is InChI=1S/C26H34N8O6/c1-16(2)14-40-24-21-22(27-15-28-24)32-19(31-21)13-34-12-8-10-18(25(34)37)29-23(36)17(30-26(38)39-5)9-6-7-11-20(35)33(3)4/h7-8,10-12,15-17H,6,9,13-14H2,1-5H3,(H,29,36)(H,30,38)(H,27,28,31,32)/b11-7+. The van der Waals surface area contributed by atoms with E-state index in [1.54, 1.807) is 32.4 Å². The highest BCUT2D eigenvalue weighted by molar-refractivity contribution is 5.96. The molecule has 0 aliphatic rings. The van der Waals surface area contributed by atoms with E-state index in [9.17, 15) is 19.2 Å². The first-order chi connectivity index (χ1) is 19.1. The Morgan fingerprint density at radius 1 is 1.23 bits per heavy atom. The summed E-state index contributed by atoms with van der Waals surface area (Å²) >= 11 is 0. The van der Waals surface area contributed by atoms with Gasteiger partial charge in [0.2, 0.25) is 17.7 Å². The van der Waals surface area contributed by atoms with Crippen LogP contribution in [0.5, 0.6) is 5.88 Å². The van der Waals surface area contributed by atoms with Crippen molar-refractivity contribution in [3.05, 3.63) is 53.0 Å². The van der Waals surface area contributed by atoms with E-state index in [2.05, 4.69) is 35.3 Å². The molecule has 3 amide bonds. The molecule has 40 heavy (non-hydrogen) atoms. The number of carbonyl (C=O) groups is 3. The number of nitrogens with zero attached hydrogens (tertiary/aromatic N) is 5. The van der Waals surface area contributed by atoms with Gasteiger partial charge in [0.15, 0.2) is 5.65 Å². The summed E-state index contributed by atoms with van der Waals surface area (Å²) in [6, 6.07) is 2.05. The third kappa shape index (κ3) is 8.12. The molecule has 1 unspecified atom stereocenters. The van der Waals surface area contributed by atoms with Gasteiger partial charge in [0, 0.05) is 20.3 Å². The second-order valence-corrected chi connectivity index (χ2v) is 9.51. The van der Waals surface area contributed by atoms with Gasteiger partial charge in [-0.05, 0) is 37.0 Å². The van der Waals surface area contributed by atoms with Gasteiger partial charge in [-0.15, -0.1) is 0 Å². The second kappa shape index (κ2) is 13.9. The minimum Gasteiger partial charge on any atom is -0.476 e. The van der Waals surface area contributed by atoms with E-state index in [-0.39, 0.29) is 24.6 Å². The van der Waals surface area contributed by atoms with E-state index in [1.807, 2.05) is 13.8 Å². The first kappa shape index (κ1) is 29.8. The molecule has 0 fully saturated rings. The Bertz CT molecular complexity index is 1430. The molecule has 0 saturated heterocycles. The van der Waals surface area contributed by atoms with E-state index >= 15 is 0 Å². The number of nitrogens with one attached hydrogen (secondary N) is 3. The maximum absolute atomic E-state index is 13.2. The number of alkyl carbamates (subject to hydrolysis) is 1. The average molecular weight is 555 g/mol. The molecule has 0 saturated carbocycles. The van der Waals surface area contributed by atoms with Crippen molar-refractivity contribution in [1.82, 2.24) is 34.7 Å². The van der Waals surface area contributed by atoms with Gasteiger partial charge in [-0.1, -0.05) is 19.9 Å². The molecule has 0 radical (unpaired) electrons. The number of rotatable bonds is 12. The molecule has 3 N–H and O–H groups in total. The number of carbonyl (C=O) groups excluding carboxylic acids is 3. The van der Waals surface area contributed by atoms with Gasteiger partial charge in [-0.2, -0.15) is 4.98 Å². The predicted molar refractivity (Wildman–Crippen MR) is 147 cm³/mol. The lowest BCUT2D eigenvalue weighted by atomic mass is 10.1. The number of allylic oxidation sites excluding steroid dienone is 1. The van der Waals surface area contributed by atoms with Gasteiger partial charge >= 0.3 is 6.09 Å². The number of H-pyrrole nitrogens is 1. The number of methoxy groups -OCH3 is 1. The van der Waals surface area contributed by atoms with Crippen LogP contribution in [0.25, 0.3) is 11.2 Å². The lowest BCUT2D eigenvalue weighted by molar-refractivity contribution is -0.123. The Balaban J connectivity index is 1.74. The van der Waals surface area contributed by atoms with Crippen LogP contribution in [-0.4, -0.2) is 81.2 Å². The van der Waals surface area contributed by atoms with Gasteiger partial charge in [0.1, 0.15) is 29.4 Å². The van der Waals surface area contributed by atoms with Crippen LogP contribution < -0.4 is 20.9 Å². The largest absolute Gasteiger partial charge is 0.476 e. The summed E-state index contributed by atoms with van der Waals surface area (Å²) in [5.74, 6) is 0.298. The number of fused-ring (bicyclic) bond motifs is 1. The SMILES string of the molecule is COC(=O)NC(CC/C=C/C(=O)N(C)C)C(=O)Nc1cccn(Cc2nc3ncnc(OCC(C)C)c3[nH]2)c1=O. The lowest BCUT2D eigenvalue weighted by Gasteiger charge is -2.17. The number of ether oxygens (including phenoxy) is 2. The lowest BCUT2D eigenvalue weighted by Crippen LogP contribution is -2.44. The molecule has 0 aliphatic carbocycles. The minimum absolute atomic E-state index is 0.0133. The van der Waals surface area contributed by atoms with Crippen molar-refractivity contribution in [2.45, 2.75) is 39.3 Å². The van der Waals surface area contributed by atoms with Crippen molar-refractivity contribution >= 4 is 34.8 Å². The van der Waals surface area contributed by atoms with Gasteiger partial charge in [0.25, 0.3) is 5.56 Å². The summed E-state index contributed by atoms with van der Waals surface area (Å²) in [6.45, 7) is 4.58. The molecule has 0 spiro atoms. The number of hydrogen-bond donors (Lipinski definition) is 3. The van der Waals surface area contributed by atoms with Crippen molar-refractivity contribution < 1.29 is 23.9 Å². The van der Waals surface area contributed by atoms with Crippen molar-refractivity contribution in [2.75, 3.05) is 33.1 Å². The van der Waals surface area contributed by atoms with Crippen LogP contribution in [0.4, 0.5) is 10.5 Å². The van der Waals surface area contributed by atoms with Crippen molar-refractivity contribution in [3.63, 3.8) is 0 Å². The molecular weight excluding hydrogens is 520 g/mol. The van der Waals surface area contributed by atoms with Crippen molar-refractivity contribution in [2.24, 2.45) is 5.92 Å². The van der Waals surface area contributed by atoms with E-state index < -0.39 is 23.6 Å². The zero-order chi connectivity index (χ0) is 29.2. The van der Waals surface area contributed by atoms with Gasteiger partial charge < -0.3 is 34.6 Å². The maximum Gasteiger partial charge on any atom is 0.407 e. The van der Waals surface area contributed by atoms with Crippen LogP contribution in [0.3, 0.4) is 0 Å². The highest BCUT2D eigenvalue weighted by Gasteiger charge is 2.22. The fraction of sp³-hybridized carbons (Fsp3) is 0.423. The maximum atomic E-state index is 13.2. The number of imidazole rings is 1. The summed E-state index contributed by atoms with van der Waals surface area (Å²) < 4.78 is 11.7. The monoisotopic (exact) mass is 554 g/mol. The third-order valence-corrected chi connectivity index (χ3v) is 5.57. The van der Waals surface area contributed by atoms with Crippen LogP contribution in [0, 0.1) is 5.92 Å². The number of anilines is 1. The minimum atomic E-state index is -1.02. The van der Waals surface area contributed by atoms with Gasteiger partial charge in [-0.3, -0.25) is 14.4 Å². The van der Waals surface area contributed by atoms with Gasteiger partial charge in [-0.25, -0.2) is 14.8 Å². The number of hydrogen-bond acceptors (Lipinski definition) is 9. The molecule has 3 aromatic rings. The Morgan fingerprint density at radius 3 is 2.70 bits per heavy atom. The number of likely N-dealkylation sites (N-methyl/N-ethyl adjacent to an activating group) is 1. The summed E-state index contributed by atoms with van der Waals surface area (Å²) in [6.07, 6.45) is 5.59. The smallest absolute Gasteiger partial charge is 0.407 e. The fourth-order valence-corrected chi connectivity index (χ4v) is 3.49. The molecule has 3 rings (SSSR count). The predicted octanol–water partition coefficient (Wildman–Crippen LogP) is 1.69. The molecule has 1 atom stereocenters. The van der Waals surface area contributed by atoms with E-state index in [0.717, 1.165) is 0 Å². The third-order valence-electron chi connectivity index (χ3n) is 5.57. The van der Waals surface area contributed by atoms with Crippen LogP contribution in [0.2, 0.25) is 0 Å². The number of pyridine rings is 1. The van der Waals surface area contributed by atoms with E-state index in [4.69, 9.17) is 4.74 Å². The van der Waals surface area contributed by atoms with Crippen LogP contribution >= 0.6 is 0 Å². The Hall–Kier alpha value is -4.75. The van der Waals surface area contributed by atoms with Gasteiger partial charge in [0.05, 0.1) is 20.3 Å². The highest BCUT2D eigenvalue weighted by atomic mass is 16.5. The topological polar surface area (TPSA) is 173 Å². The Kier molecular flexibility index (Phi) is 10.3. The van der Waals surface area contributed by atoms with E-state index in [1.165, 1.54) is 35.0 Å². The first-order valence-corrected chi connectivity index (χ1v) is 12.6. The molecule has 0 bridgehead atoms. The molecule has 0 aliphatic heterocycles. The number of amides is 3. The normalized spacial score (nSPS) is 11.9. The van der Waals surface area contributed by atoms with Crippen molar-refractivity contribution in [1.29, 1.82) is 0 Å². The van der Waals surface area contributed by atoms with Crippen LogP contribution in [-0.2, 0) is 20.9 Å². The molecular formula is C26H34N8O6. The highest BCUT2D eigenvalue weighted by Crippen LogP contribution is 2.20. The van der Waals surface area contributed by atoms with Crippen LogP contribution in [0.1, 0.15) is 32.5 Å². The Morgan fingerprint density at radius 2 is 2.00 bits per heavy atom. The molecule has 14 heteroatoms. The zero-order valence-electron chi connectivity index (χ0n) is 23.1. The summed E-state index contributed by atoms with van der Waals surface area (Å²) in [7, 11) is 4.42. The first-order valence-electron chi connectivity index (χ1n) is 12.6. The molecule has 3 heterocycles. The molecule has 14 nitrogen and oxygen atoms in total. The summed E-state index contributed by atoms with van der Waals surface area (Å²) in [4.78, 5) is 67.0. The molecule has 3 aromatic heterocycles. The quantitative estimate of drug-likeness (QED) is 0.282. The summed E-state index contributed by atoms with van der Waals surface area (Å²) in [5, 5.41) is 5.04. The average Bonchev–Trinajstić information content (AvgIpc) is 3.34. The second-order valence-electron chi connectivity index (χ2n) is 9.51. The zero-order valence-corrected chi connectivity index (χ0v) is 23.1. The Labute approximate surface area is 230 Å². The summed E-state index contributed by atoms with van der Waals surface area (Å²) in [5.41, 5.74) is 0.458. The number of aromatic nitrogens is 5. The fourth-order valence-electron chi connectivity index (χ4n) is 3.49. The van der Waals surface area contributed by atoms with Crippen molar-refractivity contribution in [3.8, 4) is 5.88 Å². The molecule has 0 aromatic carbocycles. The van der Waals surface area contributed by atoms with Crippen LogP contribution in [0.15, 0.2) is 41.6 Å².